The number of guanidine groups is 1. The standard InChI is InChI=1S/C6H11N3O2/c7-6(8)9-5(10)4-2-1-3-11-4/h4H,1-3H2,(H4,7,8,9,10). The highest BCUT2D eigenvalue weighted by Gasteiger charge is 2.22. The first kappa shape index (κ1) is 8.00. The van der Waals surface area contributed by atoms with E-state index in [2.05, 4.69) is 4.99 Å². The van der Waals surface area contributed by atoms with Crippen LogP contribution >= 0.6 is 0 Å². The fourth-order valence-corrected chi connectivity index (χ4v) is 0.972. The van der Waals surface area contributed by atoms with E-state index in [1.54, 1.807) is 0 Å². The van der Waals surface area contributed by atoms with Crippen molar-refractivity contribution in [1.82, 2.24) is 0 Å². The molecule has 11 heavy (non-hydrogen) atoms. The first-order valence-corrected chi connectivity index (χ1v) is 3.45. The zero-order valence-corrected chi connectivity index (χ0v) is 6.12. The van der Waals surface area contributed by atoms with Gasteiger partial charge in [-0.05, 0) is 12.8 Å². The van der Waals surface area contributed by atoms with Crippen LogP contribution in [-0.4, -0.2) is 24.6 Å². The number of nitrogens with zero attached hydrogens (tertiary/aromatic N) is 1. The van der Waals surface area contributed by atoms with E-state index in [-0.39, 0.29) is 11.9 Å². The molecule has 1 aliphatic rings. The minimum absolute atomic E-state index is 0.203. The van der Waals surface area contributed by atoms with Crippen LogP contribution in [0.4, 0.5) is 0 Å². The van der Waals surface area contributed by atoms with Gasteiger partial charge in [-0.2, -0.15) is 4.99 Å². The number of hydrogen-bond donors (Lipinski definition) is 2. The maximum atomic E-state index is 11.0. The summed E-state index contributed by atoms with van der Waals surface area (Å²) in [7, 11) is 0. The molecule has 1 atom stereocenters. The molecule has 0 aromatic heterocycles. The van der Waals surface area contributed by atoms with Gasteiger partial charge in [0.15, 0.2) is 5.96 Å². The Kier molecular flexibility index (Phi) is 2.43. The van der Waals surface area contributed by atoms with Crippen molar-refractivity contribution in [2.45, 2.75) is 18.9 Å². The number of rotatable bonds is 1. The van der Waals surface area contributed by atoms with Crippen LogP contribution < -0.4 is 11.5 Å². The van der Waals surface area contributed by atoms with Crippen molar-refractivity contribution in [2.75, 3.05) is 6.61 Å². The second-order valence-corrected chi connectivity index (χ2v) is 2.38. The molecule has 0 aromatic carbocycles. The van der Waals surface area contributed by atoms with Crippen molar-refractivity contribution in [3.05, 3.63) is 0 Å². The maximum absolute atomic E-state index is 11.0. The van der Waals surface area contributed by atoms with Crippen molar-refractivity contribution in [3.63, 3.8) is 0 Å². The summed E-state index contributed by atoms with van der Waals surface area (Å²) in [4.78, 5) is 14.4. The Hall–Kier alpha value is -1.10. The van der Waals surface area contributed by atoms with Gasteiger partial charge in [-0.25, -0.2) is 0 Å². The second-order valence-electron chi connectivity index (χ2n) is 2.38. The fraction of sp³-hybridized carbons (Fsp3) is 0.667. The summed E-state index contributed by atoms with van der Waals surface area (Å²) < 4.78 is 5.05. The van der Waals surface area contributed by atoms with Gasteiger partial charge >= 0.3 is 0 Å². The molecule has 0 radical (unpaired) electrons. The number of ether oxygens (including phenoxy) is 1. The van der Waals surface area contributed by atoms with E-state index in [0.29, 0.717) is 6.61 Å². The van der Waals surface area contributed by atoms with E-state index in [0.717, 1.165) is 12.8 Å². The van der Waals surface area contributed by atoms with Gasteiger partial charge in [0.2, 0.25) is 0 Å². The second kappa shape index (κ2) is 3.34. The molecule has 1 amide bonds. The van der Waals surface area contributed by atoms with Gasteiger partial charge in [0.25, 0.3) is 5.91 Å². The van der Waals surface area contributed by atoms with E-state index in [1.165, 1.54) is 0 Å². The maximum Gasteiger partial charge on any atom is 0.277 e. The van der Waals surface area contributed by atoms with Crippen LogP contribution in [0.1, 0.15) is 12.8 Å². The van der Waals surface area contributed by atoms with Crippen molar-refractivity contribution in [2.24, 2.45) is 16.5 Å². The Morgan fingerprint density at radius 2 is 2.27 bits per heavy atom. The first-order valence-electron chi connectivity index (χ1n) is 3.45. The highest BCUT2D eigenvalue weighted by atomic mass is 16.5. The zero-order chi connectivity index (χ0) is 8.27. The molecule has 0 aromatic rings. The molecule has 4 N–H and O–H groups in total. The quantitative estimate of drug-likeness (QED) is 0.376. The zero-order valence-electron chi connectivity index (χ0n) is 6.12. The van der Waals surface area contributed by atoms with Crippen molar-refractivity contribution < 1.29 is 9.53 Å². The van der Waals surface area contributed by atoms with E-state index in [4.69, 9.17) is 16.2 Å². The molecular weight excluding hydrogens is 146 g/mol. The molecule has 1 aliphatic heterocycles. The lowest BCUT2D eigenvalue weighted by molar-refractivity contribution is -0.126. The average molecular weight is 157 g/mol. The minimum Gasteiger partial charge on any atom is -0.370 e. The summed E-state index contributed by atoms with van der Waals surface area (Å²) in [5.74, 6) is -0.576. The third-order valence-corrected chi connectivity index (χ3v) is 1.44. The van der Waals surface area contributed by atoms with Crippen LogP contribution in [0.3, 0.4) is 0 Å². The molecule has 0 bridgehead atoms. The molecule has 1 heterocycles. The van der Waals surface area contributed by atoms with Gasteiger partial charge in [-0.15, -0.1) is 0 Å². The average Bonchev–Trinajstić information content (AvgIpc) is 2.35. The van der Waals surface area contributed by atoms with Gasteiger partial charge in [0.05, 0.1) is 0 Å². The Bertz CT molecular complexity index is 180. The highest BCUT2D eigenvalue weighted by molar-refractivity contribution is 5.93. The van der Waals surface area contributed by atoms with E-state index < -0.39 is 6.10 Å². The molecule has 1 saturated heterocycles. The number of carbonyl (C=O) groups is 1. The van der Waals surface area contributed by atoms with Crippen LogP contribution in [0.25, 0.3) is 0 Å². The van der Waals surface area contributed by atoms with Crippen molar-refractivity contribution in [1.29, 1.82) is 0 Å². The Morgan fingerprint density at radius 1 is 1.55 bits per heavy atom. The Labute approximate surface area is 64.4 Å². The summed E-state index contributed by atoms with van der Waals surface area (Å²) in [6, 6.07) is 0. The Balaban J connectivity index is 2.47. The third-order valence-electron chi connectivity index (χ3n) is 1.44. The third kappa shape index (κ3) is 2.19. The Morgan fingerprint density at radius 3 is 2.73 bits per heavy atom. The molecule has 5 nitrogen and oxygen atoms in total. The lowest BCUT2D eigenvalue weighted by Crippen LogP contribution is -2.27. The molecule has 62 valence electrons. The number of hydrogen-bond acceptors (Lipinski definition) is 2. The lowest BCUT2D eigenvalue weighted by atomic mass is 10.2. The van der Waals surface area contributed by atoms with Gasteiger partial charge in [-0.1, -0.05) is 0 Å². The van der Waals surface area contributed by atoms with E-state index >= 15 is 0 Å². The van der Waals surface area contributed by atoms with Gasteiger partial charge in [0.1, 0.15) is 6.10 Å². The van der Waals surface area contributed by atoms with Crippen LogP contribution in [0.5, 0.6) is 0 Å². The topological polar surface area (TPSA) is 90.7 Å². The lowest BCUT2D eigenvalue weighted by Gasteiger charge is -2.02. The van der Waals surface area contributed by atoms with Gasteiger partial charge in [0, 0.05) is 6.61 Å². The highest BCUT2D eigenvalue weighted by Crippen LogP contribution is 2.12. The monoisotopic (exact) mass is 157 g/mol. The first-order chi connectivity index (χ1) is 5.20. The number of nitrogens with two attached hydrogens (primary N) is 2. The molecule has 1 rings (SSSR count). The summed E-state index contributed by atoms with van der Waals surface area (Å²) in [5, 5.41) is 0. The minimum atomic E-state index is -0.419. The molecule has 0 saturated carbocycles. The molecular formula is C6H11N3O2. The fourth-order valence-electron chi connectivity index (χ4n) is 0.972. The SMILES string of the molecule is NC(N)=NC(=O)C1CCCO1. The van der Waals surface area contributed by atoms with E-state index in [1.807, 2.05) is 0 Å². The molecule has 0 spiro atoms. The van der Waals surface area contributed by atoms with Crippen LogP contribution in [0.2, 0.25) is 0 Å². The predicted octanol–water partition coefficient (Wildman–Crippen LogP) is -1.03. The van der Waals surface area contributed by atoms with Crippen LogP contribution in [-0.2, 0) is 9.53 Å². The van der Waals surface area contributed by atoms with Crippen LogP contribution in [0, 0.1) is 0 Å². The smallest absolute Gasteiger partial charge is 0.277 e. The summed E-state index contributed by atoms with van der Waals surface area (Å²) >= 11 is 0. The molecule has 0 aliphatic carbocycles. The largest absolute Gasteiger partial charge is 0.370 e. The molecule has 5 heteroatoms. The van der Waals surface area contributed by atoms with E-state index in [9.17, 15) is 4.79 Å². The number of amides is 1. The van der Waals surface area contributed by atoms with Gasteiger partial charge in [-0.3, -0.25) is 4.79 Å². The summed E-state index contributed by atoms with van der Waals surface area (Å²) in [6.45, 7) is 0.621. The van der Waals surface area contributed by atoms with Crippen LogP contribution in [0.15, 0.2) is 4.99 Å². The number of aliphatic imine (C=N–C) groups is 1. The van der Waals surface area contributed by atoms with Gasteiger partial charge < -0.3 is 16.2 Å². The molecule has 1 fully saturated rings. The normalized spacial score (nSPS) is 23.1. The summed E-state index contributed by atoms with van der Waals surface area (Å²) in [6.07, 6.45) is 1.20. The predicted molar refractivity (Wildman–Crippen MR) is 39.8 cm³/mol. The molecule has 1 unspecified atom stereocenters. The van der Waals surface area contributed by atoms with Crippen molar-refractivity contribution >= 4 is 11.9 Å². The number of carbonyl (C=O) groups excluding carboxylic acids is 1. The summed E-state index contributed by atoms with van der Waals surface area (Å²) in [5.41, 5.74) is 10.0. The van der Waals surface area contributed by atoms with Crippen molar-refractivity contribution in [3.8, 4) is 0 Å².